The predicted octanol–water partition coefficient (Wildman–Crippen LogP) is 0.803. The second kappa shape index (κ2) is 5.26. The minimum Gasteiger partial charge on any atom is -0.467 e. The molecule has 0 aromatic rings. The molecule has 5 nitrogen and oxygen atoms in total. The second-order valence-corrected chi connectivity index (χ2v) is 6.01. The van der Waals surface area contributed by atoms with Crippen LogP contribution in [0.4, 0.5) is 0 Å². The highest BCUT2D eigenvalue weighted by Crippen LogP contribution is 2.30. The lowest BCUT2D eigenvalue weighted by atomic mass is 9.81. The smallest absolute Gasteiger partial charge is 0.328 e. The van der Waals surface area contributed by atoms with E-state index in [4.69, 9.17) is 0 Å². The minimum atomic E-state index is -0.651. The summed E-state index contributed by atoms with van der Waals surface area (Å²) in [7, 11) is 1.29. The molecule has 1 aliphatic rings. The van der Waals surface area contributed by atoms with Crippen molar-refractivity contribution in [3.63, 3.8) is 0 Å². The zero-order valence-electron chi connectivity index (χ0n) is 11.8. The van der Waals surface area contributed by atoms with Crippen molar-refractivity contribution in [3.05, 3.63) is 0 Å². The van der Waals surface area contributed by atoms with Crippen molar-refractivity contribution in [3.8, 4) is 0 Å². The van der Waals surface area contributed by atoms with Gasteiger partial charge in [0.15, 0.2) is 0 Å². The number of carbonyl (C=O) groups is 2. The Morgan fingerprint density at radius 3 is 2.39 bits per heavy atom. The molecule has 104 valence electrons. The molecule has 1 amide bonds. The average molecular weight is 257 g/mol. The Morgan fingerprint density at radius 2 is 1.94 bits per heavy atom. The Morgan fingerprint density at radius 1 is 1.39 bits per heavy atom. The van der Waals surface area contributed by atoms with Crippen molar-refractivity contribution in [2.45, 2.75) is 46.3 Å². The van der Waals surface area contributed by atoms with Gasteiger partial charge in [-0.2, -0.15) is 0 Å². The average Bonchev–Trinajstić information content (AvgIpc) is 2.67. The van der Waals surface area contributed by atoms with Crippen molar-refractivity contribution in [1.82, 2.24) is 4.90 Å². The largest absolute Gasteiger partial charge is 0.467 e. The molecule has 0 aliphatic carbocycles. The molecule has 1 heterocycles. The maximum atomic E-state index is 12.4. The van der Waals surface area contributed by atoms with E-state index in [1.807, 2.05) is 27.7 Å². The van der Waals surface area contributed by atoms with Crippen molar-refractivity contribution in [2.75, 3.05) is 13.7 Å². The zero-order valence-corrected chi connectivity index (χ0v) is 11.8. The molecule has 0 unspecified atom stereocenters. The molecule has 1 saturated heterocycles. The number of nitrogens with zero attached hydrogens (tertiary/aromatic N) is 1. The molecular weight excluding hydrogens is 234 g/mol. The van der Waals surface area contributed by atoms with E-state index in [-0.39, 0.29) is 30.2 Å². The summed E-state index contributed by atoms with van der Waals surface area (Å²) >= 11 is 0. The Balaban J connectivity index is 2.86. The van der Waals surface area contributed by atoms with Crippen LogP contribution in [0.3, 0.4) is 0 Å². The quantitative estimate of drug-likeness (QED) is 0.743. The fourth-order valence-electron chi connectivity index (χ4n) is 2.04. The van der Waals surface area contributed by atoms with Gasteiger partial charge in [-0.05, 0) is 5.41 Å². The number of methoxy groups -OCH3 is 1. The van der Waals surface area contributed by atoms with Gasteiger partial charge in [0.05, 0.1) is 13.2 Å². The minimum absolute atomic E-state index is 0.102. The molecule has 0 aromatic heterocycles. The van der Waals surface area contributed by atoms with Crippen LogP contribution in [0.25, 0.3) is 0 Å². The summed E-state index contributed by atoms with van der Waals surface area (Å²) in [6.07, 6.45) is -0.389. The molecule has 1 aliphatic heterocycles. The highest BCUT2D eigenvalue weighted by molar-refractivity contribution is 5.86. The maximum Gasteiger partial charge on any atom is 0.328 e. The maximum absolute atomic E-state index is 12.4. The van der Waals surface area contributed by atoms with Gasteiger partial charge in [0.25, 0.3) is 0 Å². The van der Waals surface area contributed by atoms with E-state index < -0.39 is 18.1 Å². The first kappa shape index (κ1) is 15.0. The summed E-state index contributed by atoms with van der Waals surface area (Å²) in [5.74, 6) is -0.773. The number of hydrogen-bond acceptors (Lipinski definition) is 4. The van der Waals surface area contributed by atoms with E-state index in [0.717, 1.165) is 0 Å². The van der Waals surface area contributed by atoms with Crippen LogP contribution in [-0.4, -0.2) is 47.7 Å². The summed E-state index contributed by atoms with van der Waals surface area (Å²) in [5.41, 5.74) is -0.175. The Bertz CT molecular complexity index is 334. The fraction of sp³-hybridized carbons (Fsp3) is 0.846. The van der Waals surface area contributed by atoms with E-state index in [2.05, 4.69) is 4.74 Å². The third-order valence-electron chi connectivity index (χ3n) is 3.70. The van der Waals surface area contributed by atoms with Gasteiger partial charge in [0, 0.05) is 18.9 Å². The second-order valence-electron chi connectivity index (χ2n) is 6.01. The molecular formula is C13H23NO4. The third-order valence-corrected chi connectivity index (χ3v) is 3.70. The number of esters is 1. The standard InChI is InChI=1S/C13H23NO4/c1-8(13(2,3)4)11(16)14-7-9(15)6-10(14)12(17)18-5/h8-10,15H,6-7H2,1-5H3/t8-,9-,10+/m1/s1. The number of β-amino-alcohol motifs (C(OH)–C–C–N with tert-alkyl or cyclic N) is 1. The van der Waals surface area contributed by atoms with Gasteiger partial charge in [-0.15, -0.1) is 0 Å². The zero-order chi connectivity index (χ0) is 14.1. The highest BCUT2D eigenvalue weighted by Gasteiger charge is 2.42. The number of aliphatic hydroxyl groups excluding tert-OH is 1. The highest BCUT2D eigenvalue weighted by atomic mass is 16.5. The lowest BCUT2D eigenvalue weighted by Gasteiger charge is -2.32. The Hall–Kier alpha value is -1.10. The SMILES string of the molecule is COC(=O)[C@@H]1C[C@@H](O)CN1C(=O)[C@@H](C)C(C)(C)C. The van der Waals surface area contributed by atoms with Crippen molar-refractivity contribution in [1.29, 1.82) is 0 Å². The summed E-state index contributed by atoms with van der Waals surface area (Å²) in [5, 5.41) is 9.65. The van der Waals surface area contributed by atoms with Crippen molar-refractivity contribution >= 4 is 11.9 Å². The van der Waals surface area contributed by atoms with Crippen molar-refractivity contribution < 1.29 is 19.4 Å². The number of hydrogen-bond donors (Lipinski definition) is 1. The van der Waals surface area contributed by atoms with Gasteiger partial charge in [0.1, 0.15) is 6.04 Å². The first-order valence-electron chi connectivity index (χ1n) is 6.24. The van der Waals surface area contributed by atoms with Gasteiger partial charge in [-0.25, -0.2) is 4.79 Å². The molecule has 1 rings (SSSR count). The van der Waals surface area contributed by atoms with E-state index >= 15 is 0 Å². The number of amides is 1. The van der Waals surface area contributed by atoms with Crippen LogP contribution in [0, 0.1) is 11.3 Å². The summed E-state index contributed by atoms with van der Waals surface area (Å²) in [4.78, 5) is 25.4. The molecule has 0 spiro atoms. The van der Waals surface area contributed by atoms with Gasteiger partial charge in [0.2, 0.25) is 5.91 Å². The number of likely N-dealkylation sites (tertiary alicyclic amines) is 1. The first-order valence-corrected chi connectivity index (χ1v) is 6.24. The molecule has 0 aromatic carbocycles. The van der Waals surface area contributed by atoms with Crippen molar-refractivity contribution in [2.24, 2.45) is 11.3 Å². The van der Waals surface area contributed by atoms with E-state index in [9.17, 15) is 14.7 Å². The normalized spacial score (nSPS) is 26.0. The molecule has 0 bridgehead atoms. The van der Waals surface area contributed by atoms with Gasteiger partial charge in [-0.1, -0.05) is 27.7 Å². The van der Waals surface area contributed by atoms with Crippen LogP contribution in [0.2, 0.25) is 0 Å². The molecule has 1 fully saturated rings. The topological polar surface area (TPSA) is 66.8 Å². The number of ether oxygens (including phenoxy) is 1. The number of aliphatic hydroxyl groups is 1. The monoisotopic (exact) mass is 257 g/mol. The molecule has 0 saturated carbocycles. The lowest BCUT2D eigenvalue weighted by molar-refractivity contribution is -0.153. The number of rotatable bonds is 2. The van der Waals surface area contributed by atoms with E-state index in [1.165, 1.54) is 12.0 Å². The van der Waals surface area contributed by atoms with Crippen LogP contribution in [0.5, 0.6) is 0 Å². The molecule has 1 N–H and O–H groups in total. The third kappa shape index (κ3) is 3.02. The molecule has 18 heavy (non-hydrogen) atoms. The van der Waals surface area contributed by atoms with Crippen LogP contribution < -0.4 is 0 Å². The first-order chi connectivity index (χ1) is 8.18. The van der Waals surface area contributed by atoms with Gasteiger partial charge >= 0.3 is 5.97 Å². The van der Waals surface area contributed by atoms with Crippen LogP contribution in [0.1, 0.15) is 34.1 Å². The lowest BCUT2D eigenvalue weighted by Crippen LogP contribution is -2.46. The Kier molecular flexibility index (Phi) is 4.37. The predicted molar refractivity (Wildman–Crippen MR) is 66.8 cm³/mol. The van der Waals surface area contributed by atoms with E-state index in [1.54, 1.807) is 0 Å². The van der Waals surface area contributed by atoms with Crippen LogP contribution in [0.15, 0.2) is 0 Å². The molecule has 3 atom stereocenters. The summed E-state index contributed by atoms with van der Waals surface area (Å²) < 4.78 is 4.68. The van der Waals surface area contributed by atoms with E-state index in [0.29, 0.717) is 0 Å². The van der Waals surface area contributed by atoms with Crippen LogP contribution in [-0.2, 0) is 14.3 Å². The summed E-state index contributed by atoms with van der Waals surface area (Å²) in [6.45, 7) is 8.00. The fourth-order valence-corrected chi connectivity index (χ4v) is 2.04. The Labute approximate surface area is 108 Å². The van der Waals surface area contributed by atoms with Gasteiger partial charge in [-0.3, -0.25) is 4.79 Å². The van der Waals surface area contributed by atoms with Crippen LogP contribution >= 0.6 is 0 Å². The molecule has 5 heteroatoms. The number of carbonyl (C=O) groups excluding carboxylic acids is 2. The summed E-state index contributed by atoms with van der Waals surface area (Å²) in [6, 6.07) is -0.651. The molecule has 0 radical (unpaired) electrons. The van der Waals surface area contributed by atoms with Gasteiger partial charge < -0.3 is 14.7 Å².